The van der Waals surface area contributed by atoms with Crippen LogP contribution >= 0.6 is 0 Å². The molecule has 0 aromatic carbocycles. The number of carbonyl (C=O) groups is 1. The van der Waals surface area contributed by atoms with Gasteiger partial charge in [0.25, 0.3) is 0 Å². The highest BCUT2D eigenvalue weighted by molar-refractivity contribution is 5.84. The smallest absolute Gasteiger partial charge is 0.242 e. The Morgan fingerprint density at radius 3 is 2.65 bits per heavy atom. The summed E-state index contributed by atoms with van der Waals surface area (Å²) in [5.41, 5.74) is 1.91. The van der Waals surface area contributed by atoms with Crippen molar-refractivity contribution in [2.45, 2.75) is 46.2 Å². The first-order valence-electron chi connectivity index (χ1n) is 6.03. The molecule has 1 unspecified atom stereocenters. The number of nitrogens with zero attached hydrogens (tertiary/aromatic N) is 2. The molecule has 0 spiro atoms. The van der Waals surface area contributed by atoms with Crippen LogP contribution in [0.25, 0.3) is 0 Å². The van der Waals surface area contributed by atoms with E-state index in [0.29, 0.717) is 0 Å². The molecule has 1 rings (SSSR count). The molecule has 5 nitrogen and oxygen atoms in total. The van der Waals surface area contributed by atoms with Crippen molar-refractivity contribution in [2.75, 3.05) is 5.32 Å². The van der Waals surface area contributed by atoms with Gasteiger partial charge >= 0.3 is 0 Å². The van der Waals surface area contributed by atoms with Gasteiger partial charge in [0.1, 0.15) is 6.04 Å². The number of hydrogen-bond acceptors (Lipinski definition) is 3. The van der Waals surface area contributed by atoms with E-state index in [-0.39, 0.29) is 18.0 Å². The molecule has 0 aliphatic rings. The first-order chi connectivity index (χ1) is 7.93. The van der Waals surface area contributed by atoms with Crippen molar-refractivity contribution in [3.05, 3.63) is 11.9 Å². The SMILES string of the molecule is CCc1nn(C)cc1NC(C)C(=O)NC(C)C. The van der Waals surface area contributed by atoms with Crippen molar-refractivity contribution in [3.8, 4) is 0 Å². The second kappa shape index (κ2) is 5.70. The number of anilines is 1. The Morgan fingerprint density at radius 2 is 2.12 bits per heavy atom. The standard InChI is InChI=1S/C12H22N4O/c1-6-10-11(7-16(5)15-10)14-9(4)12(17)13-8(2)3/h7-9,14H,6H2,1-5H3,(H,13,17). The molecule has 17 heavy (non-hydrogen) atoms. The van der Waals surface area contributed by atoms with Gasteiger partial charge in [0.05, 0.1) is 11.4 Å². The fourth-order valence-corrected chi connectivity index (χ4v) is 1.62. The van der Waals surface area contributed by atoms with Gasteiger partial charge in [0, 0.05) is 19.3 Å². The summed E-state index contributed by atoms with van der Waals surface area (Å²) in [5.74, 6) is 0.00547. The van der Waals surface area contributed by atoms with Crippen LogP contribution in [0.3, 0.4) is 0 Å². The van der Waals surface area contributed by atoms with Crippen LogP contribution in [-0.2, 0) is 18.3 Å². The van der Waals surface area contributed by atoms with E-state index >= 15 is 0 Å². The van der Waals surface area contributed by atoms with Gasteiger partial charge in [-0.2, -0.15) is 5.10 Å². The van der Waals surface area contributed by atoms with E-state index < -0.39 is 0 Å². The van der Waals surface area contributed by atoms with Gasteiger partial charge in [-0.3, -0.25) is 9.48 Å². The molecule has 0 saturated carbocycles. The monoisotopic (exact) mass is 238 g/mol. The lowest BCUT2D eigenvalue weighted by Gasteiger charge is -2.16. The Morgan fingerprint density at radius 1 is 1.47 bits per heavy atom. The van der Waals surface area contributed by atoms with Gasteiger partial charge in [-0.25, -0.2) is 0 Å². The van der Waals surface area contributed by atoms with Gasteiger partial charge in [-0.15, -0.1) is 0 Å². The first kappa shape index (κ1) is 13.5. The van der Waals surface area contributed by atoms with Crippen molar-refractivity contribution in [1.82, 2.24) is 15.1 Å². The number of carbonyl (C=O) groups excluding carboxylic acids is 1. The zero-order valence-corrected chi connectivity index (χ0v) is 11.2. The molecule has 0 saturated heterocycles. The van der Waals surface area contributed by atoms with Gasteiger partial charge in [0.2, 0.25) is 5.91 Å². The molecule has 0 bridgehead atoms. The molecular formula is C12H22N4O. The van der Waals surface area contributed by atoms with Crippen LogP contribution in [0.2, 0.25) is 0 Å². The van der Waals surface area contributed by atoms with Crippen molar-refractivity contribution >= 4 is 11.6 Å². The minimum atomic E-state index is -0.258. The Labute approximate surface area is 103 Å². The maximum atomic E-state index is 11.8. The average Bonchev–Trinajstić information content (AvgIpc) is 2.57. The fraction of sp³-hybridized carbons (Fsp3) is 0.667. The van der Waals surface area contributed by atoms with Crippen molar-refractivity contribution in [2.24, 2.45) is 7.05 Å². The highest BCUT2D eigenvalue weighted by Crippen LogP contribution is 2.14. The van der Waals surface area contributed by atoms with Gasteiger partial charge in [-0.1, -0.05) is 6.92 Å². The van der Waals surface area contributed by atoms with Gasteiger partial charge in [-0.05, 0) is 27.2 Å². The summed E-state index contributed by atoms with van der Waals surface area (Å²) in [6, 6.07) is -0.0989. The quantitative estimate of drug-likeness (QED) is 0.813. The maximum Gasteiger partial charge on any atom is 0.242 e. The Balaban J connectivity index is 2.66. The summed E-state index contributed by atoms with van der Waals surface area (Å²) in [6.07, 6.45) is 2.75. The maximum absolute atomic E-state index is 11.8. The molecule has 2 N–H and O–H groups in total. The lowest BCUT2D eigenvalue weighted by Crippen LogP contribution is -2.41. The molecule has 0 fully saturated rings. The molecule has 1 atom stereocenters. The number of hydrogen-bond donors (Lipinski definition) is 2. The Kier molecular flexibility index (Phi) is 4.54. The van der Waals surface area contributed by atoms with E-state index in [1.54, 1.807) is 4.68 Å². The third-order valence-corrected chi connectivity index (χ3v) is 2.44. The molecule has 1 heterocycles. The Bertz CT molecular complexity index is 384. The molecule has 1 aromatic rings. The van der Waals surface area contributed by atoms with Crippen LogP contribution in [0.15, 0.2) is 6.20 Å². The van der Waals surface area contributed by atoms with Crippen molar-refractivity contribution in [3.63, 3.8) is 0 Å². The summed E-state index contributed by atoms with van der Waals surface area (Å²) in [7, 11) is 1.88. The minimum absolute atomic E-state index is 0.00547. The third kappa shape index (κ3) is 3.76. The second-order valence-electron chi connectivity index (χ2n) is 4.55. The number of aromatic nitrogens is 2. The highest BCUT2D eigenvalue weighted by Gasteiger charge is 2.15. The zero-order valence-electron chi connectivity index (χ0n) is 11.2. The molecule has 1 aromatic heterocycles. The first-order valence-corrected chi connectivity index (χ1v) is 6.03. The number of aryl methyl sites for hydroxylation is 2. The summed E-state index contributed by atoms with van der Waals surface area (Å²) in [6.45, 7) is 7.80. The third-order valence-electron chi connectivity index (χ3n) is 2.44. The van der Waals surface area contributed by atoms with Crippen molar-refractivity contribution in [1.29, 1.82) is 0 Å². The lowest BCUT2D eigenvalue weighted by atomic mass is 10.2. The van der Waals surface area contributed by atoms with Crippen LogP contribution in [0.4, 0.5) is 5.69 Å². The number of rotatable bonds is 5. The molecular weight excluding hydrogens is 216 g/mol. The molecule has 0 aliphatic carbocycles. The van der Waals surface area contributed by atoms with Crippen LogP contribution in [0, 0.1) is 0 Å². The van der Waals surface area contributed by atoms with Crippen LogP contribution in [0.1, 0.15) is 33.4 Å². The second-order valence-corrected chi connectivity index (χ2v) is 4.55. The van der Waals surface area contributed by atoms with E-state index in [1.165, 1.54) is 0 Å². The molecule has 96 valence electrons. The van der Waals surface area contributed by atoms with Gasteiger partial charge < -0.3 is 10.6 Å². The van der Waals surface area contributed by atoms with Gasteiger partial charge in [0.15, 0.2) is 0 Å². The minimum Gasteiger partial charge on any atom is -0.371 e. The lowest BCUT2D eigenvalue weighted by molar-refractivity contribution is -0.122. The van der Waals surface area contributed by atoms with E-state index in [1.807, 2.05) is 40.9 Å². The van der Waals surface area contributed by atoms with Crippen molar-refractivity contribution < 1.29 is 4.79 Å². The molecule has 1 amide bonds. The zero-order chi connectivity index (χ0) is 13.0. The summed E-state index contributed by atoms with van der Waals surface area (Å²) in [5, 5.41) is 10.4. The van der Waals surface area contributed by atoms with E-state index in [0.717, 1.165) is 17.8 Å². The van der Waals surface area contributed by atoms with E-state index in [9.17, 15) is 4.79 Å². The van der Waals surface area contributed by atoms with E-state index in [4.69, 9.17) is 0 Å². The Hall–Kier alpha value is -1.52. The van der Waals surface area contributed by atoms with Crippen LogP contribution < -0.4 is 10.6 Å². The number of nitrogens with one attached hydrogen (secondary N) is 2. The average molecular weight is 238 g/mol. The fourth-order valence-electron chi connectivity index (χ4n) is 1.62. The molecule has 0 radical (unpaired) electrons. The number of amides is 1. The van der Waals surface area contributed by atoms with E-state index in [2.05, 4.69) is 15.7 Å². The molecule has 0 aliphatic heterocycles. The predicted octanol–water partition coefficient (Wildman–Crippen LogP) is 1.31. The normalized spacial score (nSPS) is 12.6. The predicted molar refractivity (Wildman–Crippen MR) is 68.9 cm³/mol. The summed E-state index contributed by atoms with van der Waals surface area (Å²) >= 11 is 0. The van der Waals surface area contributed by atoms with Crippen LogP contribution in [-0.4, -0.2) is 27.8 Å². The highest BCUT2D eigenvalue weighted by atomic mass is 16.2. The topological polar surface area (TPSA) is 59.0 Å². The largest absolute Gasteiger partial charge is 0.371 e. The summed E-state index contributed by atoms with van der Waals surface area (Å²) < 4.78 is 1.76. The molecule has 5 heteroatoms. The summed E-state index contributed by atoms with van der Waals surface area (Å²) in [4.78, 5) is 11.8. The van der Waals surface area contributed by atoms with Crippen LogP contribution in [0.5, 0.6) is 0 Å².